The number of nitrogens with zero attached hydrogens (tertiary/aromatic N) is 1. The third-order valence-corrected chi connectivity index (χ3v) is 6.82. The van der Waals surface area contributed by atoms with E-state index in [1.165, 1.54) is 42.7 Å². The van der Waals surface area contributed by atoms with Crippen LogP contribution in [0.2, 0.25) is 0 Å². The molecular formula is C21H15FN2O5S2. The number of benzene rings is 2. The quantitative estimate of drug-likeness (QED) is 0.403. The molecule has 4 aromatic rings. The van der Waals surface area contributed by atoms with Crippen LogP contribution >= 0.6 is 11.8 Å². The molecule has 0 aliphatic rings. The van der Waals surface area contributed by atoms with Crippen LogP contribution in [0, 0.1) is 5.82 Å². The fourth-order valence-electron chi connectivity index (χ4n) is 2.63. The number of anilines is 1. The SMILES string of the molecule is O=C(CSc1oc(-c2ccco2)nc1S(=O)(=O)c1ccccc1)Nc1ccc(F)cc1. The molecule has 2 aromatic carbocycles. The second-order valence-corrected chi connectivity index (χ2v) is 9.06. The molecule has 0 fully saturated rings. The zero-order chi connectivity index (χ0) is 21.8. The van der Waals surface area contributed by atoms with Crippen molar-refractivity contribution in [2.75, 3.05) is 11.1 Å². The molecule has 0 bridgehead atoms. The number of nitrogens with one attached hydrogen (secondary N) is 1. The third kappa shape index (κ3) is 4.70. The lowest BCUT2D eigenvalue weighted by atomic mass is 10.3. The second kappa shape index (κ2) is 8.78. The summed E-state index contributed by atoms with van der Waals surface area (Å²) < 4.78 is 50.1. The summed E-state index contributed by atoms with van der Waals surface area (Å²) in [6.07, 6.45) is 1.41. The largest absolute Gasteiger partial charge is 0.459 e. The van der Waals surface area contributed by atoms with E-state index in [-0.39, 0.29) is 32.4 Å². The fraction of sp³-hybridized carbons (Fsp3) is 0.0476. The van der Waals surface area contributed by atoms with Crippen molar-refractivity contribution < 1.29 is 26.4 Å². The highest BCUT2D eigenvalue weighted by atomic mass is 32.2. The number of halogens is 1. The van der Waals surface area contributed by atoms with Crippen molar-refractivity contribution in [1.82, 2.24) is 4.98 Å². The maximum absolute atomic E-state index is 13.1. The van der Waals surface area contributed by atoms with Gasteiger partial charge in [0.05, 0.1) is 16.9 Å². The van der Waals surface area contributed by atoms with E-state index in [4.69, 9.17) is 8.83 Å². The van der Waals surface area contributed by atoms with E-state index < -0.39 is 21.6 Å². The molecule has 2 heterocycles. The van der Waals surface area contributed by atoms with Crippen molar-refractivity contribution in [2.45, 2.75) is 15.0 Å². The van der Waals surface area contributed by atoms with Crippen molar-refractivity contribution in [1.29, 1.82) is 0 Å². The summed E-state index contributed by atoms with van der Waals surface area (Å²) in [7, 11) is -3.99. The molecule has 10 heteroatoms. The second-order valence-electron chi connectivity index (χ2n) is 6.25. The Morgan fingerprint density at radius 1 is 1.03 bits per heavy atom. The number of furan rings is 1. The lowest BCUT2D eigenvalue weighted by Crippen LogP contribution is -2.14. The Morgan fingerprint density at radius 3 is 2.45 bits per heavy atom. The molecule has 0 radical (unpaired) electrons. The van der Waals surface area contributed by atoms with Gasteiger partial charge in [0.15, 0.2) is 5.76 Å². The van der Waals surface area contributed by atoms with Crippen molar-refractivity contribution in [3.8, 4) is 11.7 Å². The first-order chi connectivity index (χ1) is 14.9. The number of sulfone groups is 1. The standard InChI is InChI=1S/C21H15FN2O5S2/c22-14-8-10-15(11-9-14)23-18(25)13-30-21-20(24-19(29-21)17-7-4-12-28-17)31(26,27)16-5-2-1-3-6-16/h1-12H,13H2,(H,23,25). The molecular weight excluding hydrogens is 443 g/mol. The first kappa shape index (κ1) is 20.9. The molecule has 1 amide bonds. The summed E-state index contributed by atoms with van der Waals surface area (Å²) in [4.78, 5) is 16.5. The van der Waals surface area contributed by atoms with Gasteiger partial charge in [-0.1, -0.05) is 30.0 Å². The fourth-order valence-corrected chi connectivity index (χ4v) is 4.98. The first-order valence-corrected chi connectivity index (χ1v) is 11.4. The van der Waals surface area contributed by atoms with Crippen molar-refractivity contribution >= 4 is 33.2 Å². The highest BCUT2D eigenvalue weighted by Crippen LogP contribution is 2.35. The van der Waals surface area contributed by atoms with E-state index >= 15 is 0 Å². The van der Waals surface area contributed by atoms with E-state index in [0.29, 0.717) is 5.69 Å². The van der Waals surface area contributed by atoms with Gasteiger partial charge in [0.25, 0.3) is 5.89 Å². The molecule has 4 rings (SSSR count). The Morgan fingerprint density at radius 2 is 1.77 bits per heavy atom. The van der Waals surface area contributed by atoms with Crippen molar-refractivity contribution in [3.63, 3.8) is 0 Å². The normalized spacial score (nSPS) is 11.4. The van der Waals surface area contributed by atoms with E-state index in [1.54, 1.807) is 30.3 Å². The summed E-state index contributed by atoms with van der Waals surface area (Å²) in [5.74, 6) is -0.750. The minimum Gasteiger partial charge on any atom is -0.459 e. The molecule has 7 nitrogen and oxygen atoms in total. The van der Waals surface area contributed by atoms with Gasteiger partial charge < -0.3 is 14.2 Å². The Kier molecular flexibility index (Phi) is 5.92. The summed E-state index contributed by atoms with van der Waals surface area (Å²) in [6, 6.07) is 16.3. The average molecular weight is 458 g/mol. The lowest BCUT2D eigenvalue weighted by molar-refractivity contribution is -0.113. The van der Waals surface area contributed by atoms with E-state index in [9.17, 15) is 17.6 Å². The van der Waals surface area contributed by atoms with Crippen LogP contribution in [-0.2, 0) is 14.6 Å². The number of carbonyl (C=O) groups excluding carboxylic acids is 1. The van der Waals surface area contributed by atoms with Gasteiger partial charge in [-0.25, -0.2) is 12.8 Å². The van der Waals surface area contributed by atoms with Crippen LogP contribution in [0.5, 0.6) is 0 Å². The van der Waals surface area contributed by atoms with Crippen LogP contribution in [0.3, 0.4) is 0 Å². The Hall–Kier alpha value is -3.37. The maximum atomic E-state index is 13.1. The predicted molar refractivity (Wildman–Crippen MR) is 112 cm³/mol. The molecule has 0 spiro atoms. The molecule has 0 aliphatic carbocycles. The molecule has 0 saturated carbocycles. The Labute approximate surface area is 181 Å². The number of aromatic nitrogens is 1. The molecule has 2 aromatic heterocycles. The van der Waals surface area contributed by atoms with E-state index in [0.717, 1.165) is 11.8 Å². The van der Waals surface area contributed by atoms with Crippen LogP contribution < -0.4 is 5.32 Å². The van der Waals surface area contributed by atoms with Gasteiger partial charge in [0.1, 0.15) is 5.82 Å². The lowest BCUT2D eigenvalue weighted by Gasteiger charge is -2.05. The van der Waals surface area contributed by atoms with Crippen LogP contribution in [-0.4, -0.2) is 25.1 Å². The zero-order valence-corrected chi connectivity index (χ0v) is 17.5. The molecule has 1 N–H and O–H groups in total. The van der Waals surface area contributed by atoms with E-state index in [2.05, 4.69) is 10.3 Å². The number of rotatable bonds is 7. The third-order valence-electron chi connectivity index (χ3n) is 4.07. The molecule has 0 saturated heterocycles. The summed E-state index contributed by atoms with van der Waals surface area (Å²) in [5, 5.41) is 2.27. The maximum Gasteiger partial charge on any atom is 0.265 e. The highest BCUT2D eigenvalue weighted by Gasteiger charge is 2.29. The predicted octanol–water partition coefficient (Wildman–Crippen LogP) is 4.64. The Bertz CT molecular complexity index is 1290. The van der Waals surface area contributed by atoms with Crippen LogP contribution in [0.4, 0.5) is 10.1 Å². The molecule has 0 atom stereocenters. The van der Waals surface area contributed by atoms with Gasteiger partial charge in [-0.3, -0.25) is 4.79 Å². The molecule has 31 heavy (non-hydrogen) atoms. The van der Waals surface area contributed by atoms with Gasteiger partial charge in [-0.2, -0.15) is 4.98 Å². The number of hydrogen-bond acceptors (Lipinski definition) is 7. The topological polar surface area (TPSA) is 102 Å². The minimum absolute atomic E-state index is 0.0130. The molecule has 0 aliphatic heterocycles. The number of oxazole rings is 1. The summed E-state index contributed by atoms with van der Waals surface area (Å²) in [6.45, 7) is 0. The van der Waals surface area contributed by atoms with Gasteiger partial charge in [0, 0.05) is 5.69 Å². The number of hydrogen-bond donors (Lipinski definition) is 1. The summed E-state index contributed by atoms with van der Waals surface area (Å²) >= 11 is 0.881. The molecule has 0 unspecified atom stereocenters. The summed E-state index contributed by atoms with van der Waals surface area (Å²) in [5.41, 5.74) is 0.415. The van der Waals surface area contributed by atoms with E-state index in [1.807, 2.05) is 0 Å². The number of amides is 1. The number of thioether (sulfide) groups is 1. The van der Waals surface area contributed by atoms with Crippen molar-refractivity contribution in [3.05, 3.63) is 78.8 Å². The minimum atomic E-state index is -3.99. The monoisotopic (exact) mass is 458 g/mol. The molecule has 158 valence electrons. The van der Waals surface area contributed by atoms with Gasteiger partial charge in [0.2, 0.25) is 25.9 Å². The number of carbonyl (C=O) groups is 1. The Balaban J connectivity index is 1.60. The van der Waals surface area contributed by atoms with Crippen LogP contribution in [0.1, 0.15) is 0 Å². The van der Waals surface area contributed by atoms with Crippen LogP contribution in [0.25, 0.3) is 11.7 Å². The highest BCUT2D eigenvalue weighted by molar-refractivity contribution is 8.00. The first-order valence-electron chi connectivity index (χ1n) is 8.96. The van der Waals surface area contributed by atoms with Crippen LogP contribution in [0.15, 0.2) is 96.8 Å². The zero-order valence-electron chi connectivity index (χ0n) is 15.8. The van der Waals surface area contributed by atoms with Gasteiger partial charge >= 0.3 is 0 Å². The van der Waals surface area contributed by atoms with Gasteiger partial charge in [-0.15, -0.1) is 0 Å². The smallest absolute Gasteiger partial charge is 0.265 e. The van der Waals surface area contributed by atoms with Gasteiger partial charge in [-0.05, 0) is 48.5 Å². The van der Waals surface area contributed by atoms with Crippen molar-refractivity contribution in [2.24, 2.45) is 0 Å². The average Bonchev–Trinajstić information content (AvgIpc) is 3.45.